The van der Waals surface area contributed by atoms with Gasteiger partial charge in [-0.2, -0.15) is 0 Å². The monoisotopic (exact) mass is 276 g/mol. The summed E-state index contributed by atoms with van der Waals surface area (Å²) in [5.74, 6) is 0.166. The molecule has 3 fully saturated rings. The summed E-state index contributed by atoms with van der Waals surface area (Å²) in [7, 11) is 1.58. The van der Waals surface area contributed by atoms with Crippen LogP contribution in [0.2, 0.25) is 0 Å². The minimum Gasteiger partial charge on any atom is -0.394 e. The number of carbonyl (C=O) groups excluding carboxylic acids is 1. The van der Waals surface area contributed by atoms with E-state index in [1.807, 2.05) is 12.1 Å². The van der Waals surface area contributed by atoms with Gasteiger partial charge in [0, 0.05) is 38.0 Å². The number of aliphatic hydroxyl groups excluding tert-OH is 1. The summed E-state index contributed by atoms with van der Waals surface area (Å²) in [5.41, 5.74) is 0.287. The molecule has 5 heteroatoms. The number of ketones is 1. The summed E-state index contributed by atoms with van der Waals surface area (Å²) < 4.78 is 5.25. The fraction of sp³-hybridized carbons (Fsp3) is 0.600. The van der Waals surface area contributed by atoms with Crippen molar-refractivity contribution in [2.75, 3.05) is 26.9 Å². The van der Waals surface area contributed by atoms with Crippen molar-refractivity contribution < 1.29 is 14.6 Å². The summed E-state index contributed by atoms with van der Waals surface area (Å²) in [5, 5.41) is 9.87. The maximum atomic E-state index is 12.6. The van der Waals surface area contributed by atoms with Crippen molar-refractivity contribution in [3.8, 4) is 0 Å². The summed E-state index contributed by atoms with van der Waals surface area (Å²) in [6, 6.07) is 4.15. The molecule has 0 saturated carbocycles. The number of piperidine rings is 3. The van der Waals surface area contributed by atoms with E-state index in [9.17, 15) is 9.90 Å². The molecule has 0 aromatic carbocycles. The lowest BCUT2D eigenvalue weighted by atomic mass is 9.69. The minimum absolute atomic E-state index is 0.0282. The number of hydrogen-bond acceptors (Lipinski definition) is 5. The molecule has 3 unspecified atom stereocenters. The van der Waals surface area contributed by atoms with Crippen LogP contribution < -0.4 is 0 Å². The topological polar surface area (TPSA) is 62.7 Å². The molecule has 4 heterocycles. The van der Waals surface area contributed by atoms with E-state index in [1.165, 1.54) is 0 Å². The Morgan fingerprint density at radius 2 is 2.25 bits per heavy atom. The Kier molecular flexibility index (Phi) is 3.58. The largest absolute Gasteiger partial charge is 0.394 e. The van der Waals surface area contributed by atoms with Crippen LogP contribution in [0.3, 0.4) is 0 Å². The average Bonchev–Trinajstić information content (AvgIpc) is 2.52. The molecule has 0 radical (unpaired) electrons. The number of fused-ring (bicyclic) bond motifs is 3. The molecule has 1 aromatic heterocycles. The Hall–Kier alpha value is -1.30. The standard InChI is InChI=1S/C15H20N2O3/c1-20-10-15(9-18)14(19)12-4-7-17(15)13(8-12)11-2-5-16-6-3-11/h2-3,5-6,12-13,18H,4,7-10H2,1H3/t12?,13-,15?/m1/s1. The van der Waals surface area contributed by atoms with E-state index in [4.69, 9.17) is 4.74 Å². The first-order valence-electron chi connectivity index (χ1n) is 7.03. The van der Waals surface area contributed by atoms with Crippen LogP contribution in [0.15, 0.2) is 24.5 Å². The molecular formula is C15H20N2O3. The highest BCUT2D eigenvalue weighted by atomic mass is 16.5. The van der Waals surface area contributed by atoms with Gasteiger partial charge in [-0.05, 0) is 30.5 Å². The number of Topliss-reactive ketones (excluding diaryl/α,β-unsaturated/α-hetero) is 1. The minimum atomic E-state index is -0.871. The molecule has 2 bridgehead atoms. The first-order valence-corrected chi connectivity index (χ1v) is 7.03. The van der Waals surface area contributed by atoms with Crippen LogP contribution in [0.5, 0.6) is 0 Å². The molecule has 1 N–H and O–H groups in total. The molecule has 3 aliphatic heterocycles. The molecule has 0 spiro atoms. The lowest BCUT2D eigenvalue weighted by molar-refractivity contribution is -0.166. The smallest absolute Gasteiger partial charge is 0.161 e. The van der Waals surface area contributed by atoms with Crippen molar-refractivity contribution in [2.24, 2.45) is 5.92 Å². The van der Waals surface area contributed by atoms with E-state index >= 15 is 0 Å². The molecule has 0 amide bonds. The van der Waals surface area contributed by atoms with Crippen LogP contribution >= 0.6 is 0 Å². The SMILES string of the molecule is COCC1(CO)C(=O)C2CCN1[C@@H](c1ccncc1)C2. The lowest BCUT2D eigenvalue weighted by Crippen LogP contribution is -2.69. The van der Waals surface area contributed by atoms with Gasteiger partial charge < -0.3 is 9.84 Å². The number of methoxy groups -OCH3 is 1. The maximum Gasteiger partial charge on any atom is 0.161 e. The summed E-state index contributed by atoms with van der Waals surface area (Å²) in [4.78, 5) is 18.8. The first kappa shape index (κ1) is 13.7. The van der Waals surface area contributed by atoms with E-state index in [0.29, 0.717) is 0 Å². The van der Waals surface area contributed by atoms with Gasteiger partial charge in [0.1, 0.15) is 5.54 Å². The van der Waals surface area contributed by atoms with Gasteiger partial charge in [0.15, 0.2) is 5.78 Å². The van der Waals surface area contributed by atoms with Crippen LogP contribution in [0.25, 0.3) is 0 Å². The number of carbonyl (C=O) groups is 1. The Morgan fingerprint density at radius 1 is 1.50 bits per heavy atom. The maximum absolute atomic E-state index is 12.6. The molecule has 4 rings (SSSR count). The third-order valence-electron chi connectivity index (χ3n) is 4.72. The summed E-state index contributed by atoms with van der Waals surface area (Å²) in [6.45, 7) is 0.894. The van der Waals surface area contributed by atoms with E-state index in [2.05, 4.69) is 9.88 Å². The number of aliphatic hydroxyl groups is 1. The zero-order valence-electron chi connectivity index (χ0n) is 11.7. The van der Waals surface area contributed by atoms with Gasteiger partial charge in [-0.25, -0.2) is 0 Å². The number of ether oxygens (including phenoxy) is 1. The van der Waals surface area contributed by atoms with Crippen molar-refractivity contribution in [1.82, 2.24) is 9.88 Å². The number of hydrogen-bond donors (Lipinski definition) is 1. The second kappa shape index (κ2) is 5.24. The van der Waals surface area contributed by atoms with Gasteiger partial charge in [0.2, 0.25) is 0 Å². The fourth-order valence-electron chi connectivity index (χ4n) is 3.75. The zero-order valence-corrected chi connectivity index (χ0v) is 11.7. The first-order chi connectivity index (χ1) is 9.73. The van der Waals surface area contributed by atoms with Crippen molar-refractivity contribution in [1.29, 1.82) is 0 Å². The second-order valence-corrected chi connectivity index (χ2v) is 5.70. The van der Waals surface area contributed by atoms with Crippen molar-refractivity contribution >= 4 is 5.78 Å². The lowest BCUT2D eigenvalue weighted by Gasteiger charge is -2.55. The van der Waals surface area contributed by atoms with Gasteiger partial charge in [0.25, 0.3) is 0 Å². The molecule has 5 nitrogen and oxygen atoms in total. The Morgan fingerprint density at radius 3 is 2.90 bits per heavy atom. The highest BCUT2D eigenvalue weighted by Crippen LogP contribution is 2.46. The fourth-order valence-corrected chi connectivity index (χ4v) is 3.75. The van der Waals surface area contributed by atoms with Gasteiger partial charge >= 0.3 is 0 Å². The number of rotatable bonds is 4. The normalized spacial score (nSPS) is 36.3. The predicted molar refractivity (Wildman–Crippen MR) is 73.1 cm³/mol. The summed E-state index contributed by atoms with van der Waals surface area (Å²) in [6.07, 6.45) is 5.26. The Balaban J connectivity index is 1.99. The van der Waals surface area contributed by atoms with E-state index in [-0.39, 0.29) is 31.0 Å². The summed E-state index contributed by atoms with van der Waals surface area (Å²) >= 11 is 0. The predicted octanol–water partition coefficient (Wildman–Crippen LogP) is 0.795. The van der Waals surface area contributed by atoms with Crippen LogP contribution in [0.4, 0.5) is 0 Å². The van der Waals surface area contributed by atoms with Crippen LogP contribution in [0.1, 0.15) is 24.4 Å². The zero-order chi connectivity index (χ0) is 14.2. The van der Waals surface area contributed by atoms with Gasteiger partial charge in [-0.15, -0.1) is 0 Å². The Bertz CT molecular complexity index is 493. The van der Waals surface area contributed by atoms with Crippen molar-refractivity contribution in [3.63, 3.8) is 0 Å². The molecule has 3 aliphatic rings. The average molecular weight is 276 g/mol. The molecule has 0 aliphatic carbocycles. The molecular weight excluding hydrogens is 256 g/mol. The number of aromatic nitrogens is 1. The molecule has 20 heavy (non-hydrogen) atoms. The van der Waals surface area contributed by atoms with Gasteiger partial charge in [-0.3, -0.25) is 14.7 Å². The second-order valence-electron chi connectivity index (χ2n) is 5.70. The highest BCUT2D eigenvalue weighted by Gasteiger charge is 2.56. The molecule has 3 saturated heterocycles. The highest BCUT2D eigenvalue weighted by molar-refractivity contribution is 5.92. The molecule has 1 aromatic rings. The third kappa shape index (κ3) is 1.89. The van der Waals surface area contributed by atoms with E-state index < -0.39 is 5.54 Å². The Labute approximate surface area is 118 Å². The van der Waals surface area contributed by atoms with Gasteiger partial charge in [-0.1, -0.05) is 0 Å². The number of pyridine rings is 1. The van der Waals surface area contributed by atoms with Crippen LogP contribution in [-0.2, 0) is 9.53 Å². The molecule has 108 valence electrons. The number of nitrogens with zero attached hydrogens (tertiary/aromatic N) is 2. The quantitative estimate of drug-likeness (QED) is 0.881. The van der Waals surface area contributed by atoms with Crippen LogP contribution in [0, 0.1) is 5.92 Å². The van der Waals surface area contributed by atoms with Crippen LogP contribution in [-0.4, -0.2) is 53.2 Å². The molecule has 4 atom stereocenters. The van der Waals surface area contributed by atoms with E-state index in [0.717, 1.165) is 24.9 Å². The van der Waals surface area contributed by atoms with Crippen molar-refractivity contribution in [3.05, 3.63) is 30.1 Å². The van der Waals surface area contributed by atoms with E-state index in [1.54, 1.807) is 19.5 Å². The third-order valence-corrected chi connectivity index (χ3v) is 4.72. The van der Waals surface area contributed by atoms with Gasteiger partial charge in [0.05, 0.1) is 13.2 Å². The van der Waals surface area contributed by atoms with Crippen molar-refractivity contribution in [2.45, 2.75) is 24.4 Å².